The van der Waals surface area contributed by atoms with Gasteiger partial charge in [0.05, 0.1) is 18.3 Å². The molecule has 3 heterocycles. The lowest BCUT2D eigenvalue weighted by Crippen LogP contribution is -2.17. The van der Waals surface area contributed by atoms with Crippen molar-refractivity contribution in [2.24, 2.45) is 0 Å². The highest BCUT2D eigenvalue weighted by Gasteiger charge is 2.25. The van der Waals surface area contributed by atoms with E-state index in [4.69, 9.17) is 18.3 Å². The number of hydrogen-bond acceptors (Lipinski definition) is 9. The van der Waals surface area contributed by atoms with Gasteiger partial charge < -0.3 is 14.2 Å². The number of nitrogens with zero attached hydrogens (tertiary/aromatic N) is 4. The molecular formula is C23H21N5O5S. The normalized spacial score (nSPS) is 12.7. The third-order valence-corrected chi connectivity index (χ3v) is 5.78. The largest absolute Gasteiger partial charge is 0.493 e. The SMILES string of the molecule is [2H]C([2H])([2H])Oc1ccccc1Oc1c(NS(=O)(=O)c2ccc(C)cn2)nc(-c2ccncc2)nc1OC. The summed E-state index contributed by atoms with van der Waals surface area (Å²) >= 11 is 0. The van der Waals surface area contributed by atoms with E-state index in [1.165, 1.54) is 43.9 Å². The summed E-state index contributed by atoms with van der Waals surface area (Å²) in [5.41, 5.74) is 1.30. The predicted molar refractivity (Wildman–Crippen MR) is 125 cm³/mol. The first-order chi connectivity index (χ1) is 17.6. The second kappa shape index (κ2) is 9.71. The number of methoxy groups -OCH3 is 2. The number of anilines is 1. The molecule has 10 nitrogen and oxygen atoms in total. The molecule has 4 aromatic rings. The highest BCUT2D eigenvalue weighted by atomic mass is 32.2. The van der Waals surface area contributed by atoms with Gasteiger partial charge in [0.15, 0.2) is 28.2 Å². The van der Waals surface area contributed by atoms with Crippen LogP contribution in [0.4, 0.5) is 5.82 Å². The van der Waals surface area contributed by atoms with Crippen molar-refractivity contribution in [2.45, 2.75) is 11.9 Å². The van der Waals surface area contributed by atoms with Gasteiger partial charge in [0.2, 0.25) is 5.75 Å². The molecule has 0 unspecified atom stereocenters. The zero-order valence-corrected chi connectivity index (χ0v) is 18.9. The van der Waals surface area contributed by atoms with Crippen LogP contribution < -0.4 is 18.9 Å². The molecule has 0 fully saturated rings. The second-order valence-electron chi connectivity index (χ2n) is 6.90. The second-order valence-corrected chi connectivity index (χ2v) is 8.53. The Hall–Kier alpha value is -4.25. The van der Waals surface area contributed by atoms with Crippen molar-refractivity contribution in [2.75, 3.05) is 18.9 Å². The molecule has 4 rings (SSSR count). The summed E-state index contributed by atoms with van der Waals surface area (Å²) in [6.07, 6.45) is 4.47. The molecular weight excluding hydrogens is 458 g/mol. The van der Waals surface area contributed by atoms with Crippen molar-refractivity contribution in [1.29, 1.82) is 0 Å². The zero-order valence-electron chi connectivity index (χ0n) is 21.1. The lowest BCUT2D eigenvalue weighted by molar-refractivity contribution is 0.348. The predicted octanol–water partition coefficient (Wildman–Crippen LogP) is 3.85. The minimum atomic E-state index is -4.23. The van der Waals surface area contributed by atoms with Crippen molar-refractivity contribution in [3.05, 3.63) is 72.7 Å². The smallest absolute Gasteiger partial charge is 0.280 e. The minimum absolute atomic E-state index is 0.0360. The fourth-order valence-electron chi connectivity index (χ4n) is 2.88. The van der Waals surface area contributed by atoms with Crippen LogP contribution in [0.1, 0.15) is 9.68 Å². The Balaban J connectivity index is 1.85. The summed E-state index contributed by atoms with van der Waals surface area (Å²) in [6, 6.07) is 12.2. The molecule has 1 aromatic carbocycles. The van der Waals surface area contributed by atoms with E-state index in [9.17, 15) is 8.42 Å². The Morgan fingerprint density at radius 3 is 2.41 bits per heavy atom. The minimum Gasteiger partial charge on any atom is -0.493 e. The Morgan fingerprint density at radius 1 is 0.971 bits per heavy atom. The van der Waals surface area contributed by atoms with E-state index in [2.05, 4.69) is 24.7 Å². The van der Waals surface area contributed by atoms with Crippen LogP contribution in [0.25, 0.3) is 11.4 Å². The first-order valence-electron chi connectivity index (χ1n) is 11.3. The maximum Gasteiger partial charge on any atom is 0.280 e. The first kappa shape index (κ1) is 19.2. The summed E-state index contributed by atoms with van der Waals surface area (Å²) in [4.78, 5) is 16.7. The van der Waals surface area contributed by atoms with Crippen molar-refractivity contribution >= 4 is 15.8 Å². The number of rotatable bonds is 8. The third-order valence-electron chi connectivity index (χ3n) is 4.53. The standard InChI is InChI=1S/C23H21N5O5S/c1-15-8-9-19(25-14-15)34(29,30)28-22-20(33-18-7-5-4-6-17(18)31-2)23(32-3)27-21(26-22)16-10-12-24-13-11-16/h4-14H,1-3H3,(H,26,27,28)/i2D3. The molecule has 0 aliphatic carbocycles. The first-order valence-corrected chi connectivity index (χ1v) is 11.3. The van der Waals surface area contributed by atoms with Gasteiger partial charge in [0.25, 0.3) is 15.9 Å². The van der Waals surface area contributed by atoms with Gasteiger partial charge >= 0.3 is 0 Å². The molecule has 0 radical (unpaired) electrons. The fraction of sp³-hybridized carbons (Fsp3) is 0.130. The summed E-state index contributed by atoms with van der Waals surface area (Å²) in [7, 11) is -5.67. The molecule has 0 bridgehead atoms. The molecule has 0 aliphatic heterocycles. The summed E-state index contributed by atoms with van der Waals surface area (Å²) in [6.45, 7) is 1.78. The number of hydrogen-bond donors (Lipinski definition) is 1. The monoisotopic (exact) mass is 482 g/mol. The number of benzene rings is 1. The van der Waals surface area contributed by atoms with E-state index in [0.717, 1.165) is 5.56 Å². The maximum atomic E-state index is 13.2. The fourth-order valence-corrected chi connectivity index (χ4v) is 3.82. The van der Waals surface area contributed by atoms with Crippen LogP contribution in [0.3, 0.4) is 0 Å². The average Bonchev–Trinajstić information content (AvgIpc) is 2.85. The van der Waals surface area contributed by atoms with Crippen molar-refractivity contribution in [1.82, 2.24) is 19.9 Å². The van der Waals surface area contributed by atoms with Crippen molar-refractivity contribution in [3.63, 3.8) is 0 Å². The Bertz CT molecular complexity index is 1500. The summed E-state index contributed by atoms with van der Waals surface area (Å²) in [5, 5.41) is -0.252. The van der Waals surface area contributed by atoms with Crippen LogP contribution in [-0.2, 0) is 10.0 Å². The molecule has 34 heavy (non-hydrogen) atoms. The van der Waals surface area contributed by atoms with Gasteiger partial charge in [0.1, 0.15) is 0 Å². The van der Waals surface area contributed by atoms with Crippen LogP contribution in [0, 0.1) is 6.92 Å². The molecule has 174 valence electrons. The van der Waals surface area contributed by atoms with Gasteiger partial charge in [-0.15, -0.1) is 0 Å². The Morgan fingerprint density at radius 2 is 1.74 bits per heavy atom. The molecule has 11 heteroatoms. The number of pyridine rings is 2. The van der Waals surface area contributed by atoms with Gasteiger partial charge in [-0.3, -0.25) is 9.71 Å². The van der Waals surface area contributed by atoms with Crippen molar-refractivity contribution < 1.29 is 26.7 Å². The van der Waals surface area contributed by atoms with Crippen LogP contribution in [-0.4, -0.2) is 42.5 Å². The lowest BCUT2D eigenvalue weighted by Gasteiger charge is -2.17. The van der Waals surface area contributed by atoms with Crippen LogP contribution in [0.2, 0.25) is 0 Å². The number of aromatic nitrogens is 4. The number of nitrogens with one attached hydrogen (secondary N) is 1. The number of aryl methyl sites for hydroxylation is 1. The topological polar surface area (TPSA) is 125 Å². The van der Waals surface area contributed by atoms with E-state index in [-0.39, 0.29) is 39.8 Å². The molecule has 0 aliphatic rings. The number of sulfonamides is 1. The van der Waals surface area contributed by atoms with Gasteiger partial charge in [0, 0.05) is 24.2 Å². The molecule has 0 saturated heterocycles. The lowest BCUT2D eigenvalue weighted by atomic mass is 10.2. The molecule has 1 N–H and O–H groups in total. The van der Waals surface area contributed by atoms with E-state index in [0.29, 0.717) is 5.56 Å². The Labute approximate surface area is 200 Å². The van der Waals surface area contributed by atoms with E-state index >= 15 is 0 Å². The van der Waals surface area contributed by atoms with Gasteiger partial charge in [-0.25, -0.2) is 9.97 Å². The van der Waals surface area contributed by atoms with Crippen LogP contribution in [0.5, 0.6) is 23.1 Å². The maximum absolute atomic E-state index is 13.2. The van der Waals surface area contributed by atoms with E-state index in [1.807, 2.05) is 0 Å². The average molecular weight is 483 g/mol. The highest BCUT2D eigenvalue weighted by molar-refractivity contribution is 7.92. The molecule has 3 aromatic heterocycles. The quantitative estimate of drug-likeness (QED) is 0.398. The van der Waals surface area contributed by atoms with Crippen LogP contribution in [0.15, 0.2) is 72.1 Å². The number of ether oxygens (including phenoxy) is 3. The highest BCUT2D eigenvalue weighted by Crippen LogP contribution is 2.41. The summed E-state index contributed by atoms with van der Waals surface area (Å²) < 4.78 is 67.4. The van der Waals surface area contributed by atoms with Gasteiger partial charge in [-0.2, -0.15) is 13.4 Å². The molecule has 0 saturated carbocycles. The van der Waals surface area contributed by atoms with Gasteiger partial charge in [-0.05, 0) is 42.8 Å². The molecule has 0 atom stereocenters. The van der Waals surface area contributed by atoms with E-state index < -0.39 is 17.1 Å². The number of para-hydroxylation sites is 2. The zero-order chi connectivity index (χ0) is 26.6. The van der Waals surface area contributed by atoms with Crippen molar-refractivity contribution in [3.8, 4) is 34.5 Å². The van der Waals surface area contributed by atoms with E-state index in [1.54, 1.807) is 37.3 Å². The third kappa shape index (κ3) is 4.89. The molecule has 0 spiro atoms. The molecule has 0 amide bonds. The van der Waals surface area contributed by atoms with Crippen LogP contribution >= 0.6 is 0 Å². The Kier molecular flexibility index (Phi) is 5.49. The summed E-state index contributed by atoms with van der Waals surface area (Å²) in [5.74, 6) is -0.654. The van der Waals surface area contributed by atoms with Gasteiger partial charge in [-0.1, -0.05) is 18.2 Å².